The molecular weight excluding hydrogens is 326 g/mol. The average Bonchev–Trinajstić information content (AvgIpc) is 3.10. The molecule has 5 heteroatoms. The lowest BCUT2D eigenvalue weighted by atomic mass is 10.2. The fourth-order valence-corrected chi connectivity index (χ4v) is 2.64. The number of anilines is 1. The van der Waals surface area contributed by atoms with Gasteiger partial charge in [-0.05, 0) is 48.5 Å². The van der Waals surface area contributed by atoms with E-state index in [-0.39, 0.29) is 5.91 Å². The van der Waals surface area contributed by atoms with Gasteiger partial charge in [-0.3, -0.25) is 4.79 Å². The molecule has 128 valence electrons. The summed E-state index contributed by atoms with van der Waals surface area (Å²) in [5.41, 5.74) is 3.08. The lowest BCUT2D eigenvalue weighted by molar-refractivity contribution is 0.102. The van der Waals surface area contributed by atoms with E-state index in [1.165, 1.54) is 0 Å². The zero-order valence-corrected chi connectivity index (χ0v) is 14.0. The molecule has 2 heterocycles. The van der Waals surface area contributed by atoms with Gasteiger partial charge in [0, 0.05) is 23.6 Å². The quantitative estimate of drug-likeness (QED) is 0.592. The van der Waals surface area contributed by atoms with Gasteiger partial charge in [0.05, 0.1) is 5.69 Å². The summed E-state index contributed by atoms with van der Waals surface area (Å²) in [5.74, 6) is 0.543. The Labute approximate surface area is 150 Å². The van der Waals surface area contributed by atoms with E-state index in [2.05, 4.69) is 10.3 Å². The summed E-state index contributed by atoms with van der Waals surface area (Å²) in [4.78, 5) is 16.7. The highest BCUT2D eigenvalue weighted by atomic mass is 16.5. The highest BCUT2D eigenvalue weighted by Gasteiger charge is 2.07. The van der Waals surface area contributed by atoms with E-state index in [9.17, 15) is 4.79 Å². The summed E-state index contributed by atoms with van der Waals surface area (Å²) >= 11 is 0. The third-order valence-electron chi connectivity index (χ3n) is 3.95. The summed E-state index contributed by atoms with van der Waals surface area (Å²) in [6, 6.07) is 22.3. The molecule has 1 amide bonds. The number of para-hydroxylation sites is 1. The Morgan fingerprint density at radius 2 is 1.73 bits per heavy atom. The first kappa shape index (κ1) is 15.9. The number of rotatable bonds is 5. The zero-order valence-electron chi connectivity index (χ0n) is 14.0. The van der Waals surface area contributed by atoms with Crippen molar-refractivity contribution in [2.24, 2.45) is 0 Å². The van der Waals surface area contributed by atoms with Crippen molar-refractivity contribution in [2.75, 3.05) is 5.32 Å². The molecule has 0 bridgehead atoms. The lowest BCUT2D eigenvalue weighted by Gasteiger charge is -2.07. The van der Waals surface area contributed by atoms with Crippen LogP contribution in [0.15, 0.2) is 85.2 Å². The Morgan fingerprint density at radius 1 is 0.962 bits per heavy atom. The van der Waals surface area contributed by atoms with E-state index in [4.69, 9.17) is 4.74 Å². The van der Waals surface area contributed by atoms with Crippen molar-refractivity contribution in [3.63, 3.8) is 0 Å². The molecule has 5 nitrogen and oxygen atoms in total. The SMILES string of the molecule is O=C(Nc1ccccc1)c1ccc(OCc2cn3ccccc3n2)cc1. The average molecular weight is 343 g/mol. The van der Waals surface area contributed by atoms with Crippen LogP contribution in [-0.4, -0.2) is 15.3 Å². The number of carbonyl (C=O) groups is 1. The molecule has 0 atom stereocenters. The second-order valence-electron chi connectivity index (χ2n) is 5.83. The first-order valence-corrected chi connectivity index (χ1v) is 8.30. The number of hydrogen-bond acceptors (Lipinski definition) is 3. The number of ether oxygens (including phenoxy) is 1. The molecule has 4 aromatic rings. The molecule has 0 spiro atoms. The monoisotopic (exact) mass is 343 g/mol. The lowest BCUT2D eigenvalue weighted by Crippen LogP contribution is -2.11. The van der Waals surface area contributed by atoms with Crippen LogP contribution < -0.4 is 10.1 Å². The van der Waals surface area contributed by atoms with Gasteiger partial charge in [0.2, 0.25) is 0 Å². The van der Waals surface area contributed by atoms with Crippen molar-refractivity contribution in [3.05, 3.63) is 96.4 Å². The van der Waals surface area contributed by atoms with Crippen LogP contribution in [0.5, 0.6) is 5.75 Å². The van der Waals surface area contributed by atoms with Crippen LogP contribution in [0.1, 0.15) is 16.1 Å². The van der Waals surface area contributed by atoms with Gasteiger partial charge >= 0.3 is 0 Å². The van der Waals surface area contributed by atoms with Crippen LogP contribution in [0, 0.1) is 0 Å². The van der Waals surface area contributed by atoms with Crippen molar-refractivity contribution in [3.8, 4) is 5.75 Å². The normalized spacial score (nSPS) is 10.6. The van der Waals surface area contributed by atoms with Gasteiger partial charge in [-0.25, -0.2) is 4.98 Å². The van der Waals surface area contributed by atoms with Gasteiger partial charge in [-0.1, -0.05) is 24.3 Å². The van der Waals surface area contributed by atoms with Crippen molar-refractivity contribution in [1.82, 2.24) is 9.38 Å². The first-order valence-electron chi connectivity index (χ1n) is 8.30. The Kier molecular flexibility index (Phi) is 4.35. The number of nitrogens with zero attached hydrogens (tertiary/aromatic N) is 2. The number of aromatic nitrogens is 2. The molecule has 26 heavy (non-hydrogen) atoms. The Balaban J connectivity index is 1.38. The maximum absolute atomic E-state index is 12.2. The van der Waals surface area contributed by atoms with Crippen molar-refractivity contribution >= 4 is 17.2 Å². The zero-order chi connectivity index (χ0) is 17.8. The Morgan fingerprint density at radius 3 is 2.50 bits per heavy atom. The number of nitrogens with one attached hydrogen (secondary N) is 1. The summed E-state index contributed by atoms with van der Waals surface area (Å²) in [5, 5.41) is 2.86. The highest BCUT2D eigenvalue weighted by molar-refractivity contribution is 6.04. The van der Waals surface area contributed by atoms with E-state index in [0.717, 1.165) is 17.0 Å². The number of benzene rings is 2. The van der Waals surface area contributed by atoms with Crippen molar-refractivity contribution in [2.45, 2.75) is 6.61 Å². The maximum atomic E-state index is 12.2. The molecule has 2 aromatic heterocycles. The number of amides is 1. The van der Waals surface area contributed by atoms with Gasteiger partial charge in [-0.2, -0.15) is 0 Å². The van der Waals surface area contributed by atoms with Crippen LogP contribution in [-0.2, 0) is 6.61 Å². The van der Waals surface area contributed by atoms with E-state index in [1.54, 1.807) is 24.3 Å². The highest BCUT2D eigenvalue weighted by Crippen LogP contribution is 2.16. The maximum Gasteiger partial charge on any atom is 0.255 e. The number of carbonyl (C=O) groups excluding carboxylic acids is 1. The van der Waals surface area contributed by atoms with Gasteiger partial charge in [0.25, 0.3) is 5.91 Å². The number of pyridine rings is 1. The molecule has 0 aliphatic heterocycles. The van der Waals surface area contributed by atoms with Gasteiger partial charge < -0.3 is 14.5 Å². The molecular formula is C21H17N3O2. The molecule has 1 N–H and O–H groups in total. The second-order valence-corrected chi connectivity index (χ2v) is 5.83. The van der Waals surface area contributed by atoms with Gasteiger partial charge in [0.1, 0.15) is 18.0 Å². The van der Waals surface area contributed by atoms with Crippen LogP contribution in [0.3, 0.4) is 0 Å². The largest absolute Gasteiger partial charge is 0.487 e. The van der Waals surface area contributed by atoms with E-state index in [0.29, 0.717) is 17.9 Å². The number of hydrogen-bond donors (Lipinski definition) is 1. The summed E-state index contributed by atoms with van der Waals surface area (Å²) in [7, 11) is 0. The molecule has 0 radical (unpaired) electrons. The minimum atomic E-state index is -0.150. The van der Waals surface area contributed by atoms with Crippen molar-refractivity contribution in [1.29, 1.82) is 0 Å². The number of imidazole rings is 1. The predicted octanol–water partition coefficient (Wildman–Crippen LogP) is 4.17. The van der Waals surface area contributed by atoms with E-state index >= 15 is 0 Å². The summed E-state index contributed by atoms with van der Waals surface area (Å²) in [6.07, 6.45) is 3.89. The van der Waals surface area contributed by atoms with Crippen LogP contribution in [0.2, 0.25) is 0 Å². The van der Waals surface area contributed by atoms with Gasteiger partial charge in [0.15, 0.2) is 0 Å². The number of fused-ring (bicyclic) bond motifs is 1. The predicted molar refractivity (Wildman–Crippen MR) is 100 cm³/mol. The molecule has 0 saturated carbocycles. The molecule has 2 aromatic carbocycles. The Hall–Kier alpha value is -3.60. The fraction of sp³-hybridized carbons (Fsp3) is 0.0476. The van der Waals surface area contributed by atoms with Gasteiger partial charge in [-0.15, -0.1) is 0 Å². The minimum Gasteiger partial charge on any atom is -0.487 e. The second kappa shape index (κ2) is 7.11. The molecule has 0 unspecified atom stereocenters. The first-order chi connectivity index (χ1) is 12.8. The third-order valence-corrected chi connectivity index (χ3v) is 3.95. The molecule has 4 rings (SSSR count). The molecule has 0 aliphatic rings. The topological polar surface area (TPSA) is 55.6 Å². The molecule has 0 fully saturated rings. The smallest absolute Gasteiger partial charge is 0.255 e. The van der Waals surface area contributed by atoms with Crippen LogP contribution >= 0.6 is 0 Å². The van der Waals surface area contributed by atoms with Crippen LogP contribution in [0.25, 0.3) is 5.65 Å². The minimum absolute atomic E-state index is 0.150. The molecule has 0 saturated heterocycles. The van der Waals surface area contributed by atoms with Crippen molar-refractivity contribution < 1.29 is 9.53 Å². The summed E-state index contributed by atoms with van der Waals surface area (Å²) < 4.78 is 7.72. The summed E-state index contributed by atoms with van der Waals surface area (Å²) in [6.45, 7) is 0.372. The van der Waals surface area contributed by atoms with Crippen LogP contribution in [0.4, 0.5) is 5.69 Å². The fourth-order valence-electron chi connectivity index (χ4n) is 2.64. The van der Waals surface area contributed by atoms with E-state index in [1.807, 2.05) is 65.3 Å². The third kappa shape index (κ3) is 3.57. The van der Waals surface area contributed by atoms with E-state index < -0.39 is 0 Å². The standard InChI is InChI=1S/C21H17N3O2/c25-21(23-17-6-2-1-3-7-17)16-9-11-19(12-10-16)26-15-18-14-24-13-5-4-8-20(24)22-18/h1-14H,15H2,(H,23,25). The Bertz CT molecular complexity index is 991. The molecule has 0 aliphatic carbocycles.